The van der Waals surface area contributed by atoms with Gasteiger partial charge in [-0.2, -0.15) is 0 Å². The molecule has 1 aromatic rings. The number of nitrogen functional groups attached to an aromatic ring is 1. The molecule has 2 N–H and O–H groups in total. The van der Waals surface area contributed by atoms with E-state index in [1.807, 2.05) is 13.8 Å². The third kappa shape index (κ3) is 4.11. The maximum absolute atomic E-state index is 12.1. The first-order valence-electron chi connectivity index (χ1n) is 7.02. The zero-order chi connectivity index (χ0) is 16.3. The van der Waals surface area contributed by atoms with Gasteiger partial charge in [-0.05, 0) is 32.0 Å². The highest BCUT2D eigenvalue weighted by Gasteiger charge is 2.26. The Balaban J connectivity index is 1.91. The molecule has 0 aromatic heterocycles. The minimum Gasteiger partial charge on any atom is -0.452 e. The van der Waals surface area contributed by atoms with Crippen molar-refractivity contribution < 1.29 is 19.1 Å². The fraction of sp³-hybridized carbons (Fsp3) is 0.467. The molecule has 0 aliphatic carbocycles. The Hall–Kier alpha value is -1.79. The van der Waals surface area contributed by atoms with E-state index < -0.39 is 5.97 Å². The first kappa shape index (κ1) is 16.6. The summed E-state index contributed by atoms with van der Waals surface area (Å²) in [5.74, 6) is -0.889. The van der Waals surface area contributed by atoms with E-state index in [1.54, 1.807) is 11.0 Å². The topological polar surface area (TPSA) is 81.9 Å². The van der Waals surface area contributed by atoms with Gasteiger partial charge in [-0.15, -0.1) is 0 Å². The molecule has 1 saturated heterocycles. The van der Waals surface area contributed by atoms with Crippen LogP contribution in [0.2, 0.25) is 5.02 Å². The number of nitrogens with two attached hydrogens (primary N) is 1. The van der Waals surface area contributed by atoms with E-state index >= 15 is 0 Å². The molecule has 0 spiro atoms. The second-order valence-corrected chi connectivity index (χ2v) is 5.80. The predicted octanol–water partition coefficient (Wildman–Crippen LogP) is 1.71. The van der Waals surface area contributed by atoms with E-state index in [0.29, 0.717) is 18.1 Å². The monoisotopic (exact) mass is 326 g/mol. The van der Waals surface area contributed by atoms with Crippen molar-refractivity contribution in [2.75, 3.05) is 25.4 Å². The summed E-state index contributed by atoms with van der Waals surface area (Å²) in [6.07, 6.45) is -0.0642. The lowest BCUT2D eigenvalue weighted by Gasteiger charge is -2.35. The van der Waals surface area contributed by atoms with Gasteiger partial charge in [0.25, 0.3) is 5.91 Å². The van der Waals surface area contributed by atoms with Crippen molar-refractivity contribution in [2.24, 2.45) is 0 Å². The van der Waals surface area contributed by atoms with Gasteiger partial charge in [-0.25, -0.2) is 4.79 Å². The third-order valence-corrected chi connectivity index (χ3v) is 3.57. The fourth-order valence-corrected chi connectivity index (χ4v) is 2.58. The maximum Gasteiger partial charge on any atom is 0.340 e. The van der Waals surface area contributed by atoms with Crippen LogP contribution in [0.15, 0.2) is 18.2 Å². The van der Waals surface area contributed by atoms with Crippen LogP contribution in [-0.4, -0.2) is 48.7 Å². The molecule has 0 saturated carbocycles. The zero-order valence-corrected chi connectivity index (χ0v) is 13.3. The molecule has 120 valence electrons. The number of nitrogens with zero attached hydrogens (tertiary/aromatic N) is 1. The number of carbonyl (C=O) groups excluding carboxylic acids is 2. The Morgan fingerprint density at radius 1 is 1.36 bits per heavy atom. The Bertz CT molecular complexity index is 569. The number of hydrogen-bond donors (Lipinski definition) is 1. The van der Waals surface area contributed by atoms with Crippen molar-refractivity contribution in [3.63, 3.8) is 0 Å². The number of carbonyl (C=O) groups is 2. The van der Waals surface area contributed by atoms with Gasteiger partial charge in [0.15, 0.2) is 6.61 Å². The number of morpholine rings is 1. The van der Waals surface area contributed by atoms with Crippen LogP contribution in [0, 0.1) is 0 Å². The molecule has 1 heterocycles. The van der Waals surface area contributed by atoms with Crippen LogP contribution < -0.4 is 5.73 Å². The van der Waals surface area contributed by atoms with E-state index in [9.17, 15) is 9.59 Å². The van der Waals surface area contributed by atoms with Crippen molar-refractivity contribution in [3.8, 4) is 0 Å². The average molecular weight is 327 g/mol. The number of benzene rings is 1. The second-order valence-electron chi connectivity index (χ2n) is 5.36. The van der Waals surface area contributed by atoms with E-state index in [4.69, 9.17) is 26.8 Å². The molecule has 1 amide bonds. The Labute approximate surface area is 134 Å². The van der Waals surface area contributed by atoms with Gasteiger partial charge < -0.3 is 20.1 Å². The molecule has 1 aromatic carbocycles. The number of rotatable bonds is 3. The van der Waals surface area contributed by atoms with Gasteiger partial charge in [-0.3, -0.25) is 4.79 Å². The summed E-state index contributed by atoms with van der Waals surface area (Å²) in [4.78, 5) is 25.7. The summed E-state index contributed by atoms with van der Waals surface area (Å²) < 4.78 is 10.6. The number of amides is 1. The highest BCUT2D eigenvalue weighted by atomic mass is 35.5. The number of anilines is 1. The van der Waals surface area contributed by atoms with Crippen molar-refractivity contribution in [3.05, 3.63) is 28.8 Å². The third-order valence-electron chi connectivity index (χ3n) is 3.33. The van der Waals surface area contributed by atoms with Crippen molar-refractivity contribution in [2.45, 2.75) is 26.1 Å². The van der Waals surface area contributed by atoms with Gasteiger partial charge in [0, 0.05) is 23.8 Å². The minimum absolute atomic E-state index is 0.0321. The largest absolute Gasteiger partial charge is 0.452 e. The highest BCUT2D eigenvalue weighted by Crippen LogP contribution is 2.19. The average Bonchev–Trinajstić information content (AvgIpc) is 2.43. The standard InChI is InChI=1S/C15H19ClN2O4/c1-9-6-18(7-10(2)22-9)14(19)8-21-15(20)12-4-3-11(16)5-13(12)17/h3-5,9-10H,6-8,17H2,1-2H3/t9-,10+. The van der Waals surface area contributed by atoms with Crippen molar-refractivity contribution >= 4 is 29.2 Å². The quantitative estimate of drug-likeness (QED) is 0.675. The molecule has 0 unspecified atom stereocenters. The Morgan fingerprint density at radius 2 is 2.00 bits per heavy atom. The second kappa shape index (κ2) is 6.98. The molecule has 22 heavy (non-hydrogen) atoms. The number of hydrogen-bond acceptors (Lipinski definition) is 5. The summed E-state index contributed by atoms with van der Waals surface area (Å²) in [5, 5.41) is 0.432. The zero-order valence-electron chi connectivity index (χ0n) is 12.5. The smallest absolute Gasteiger partial charge is 0.340 e. The SMILES string of the molecule is C[C@@H]1CN(C(=O)COC(=O)c2ccc(Cl)cc2N)C[C@H](C)O1. The lowest BCUT2D eigenvalue weighted by Crippen LogP contribution is -2.49. The molecular formula is C15H19ClN2O4. The van der Waals surface area contributed by atoms with Crippen LogP contribution in [0.1, 0.15) is 24.2 Å². The van der Waals surface area contributed by atoms with Gasteiger partial charge in [0.1, 0.15) is 0 Å². The molecule has 2 rings (SSSR count). The number of halogens is 1. The van der Waals surface area contributed by atoms with Gasteiger partial charge in [-0.1, -0.05) is 11.6 Å². The molecule has 2 atom stereocenters. The molecule has 1 fully saturated rings. The maximum atomic E-state index is 12.1. The van der Waals surface area contributed by atoms with E-state index in [-0.39, 0.29) is 36.0 Å². The Kier molecular flexibility index (Phi) is 5.26. The number of esters is 1. The summed E-state index contributed by atoms with van der Waals surface area (Å²) in [7, 11) is 0. The normalized spacial score (nSPS) is 21.5. The Morgan fingerprint density at radius 3 is 2.59 bits per heavy atom. The van der Waals surface area contributed by atoms with Gasteiger partial charge in [0.2, 0.25) is 0 Å². The fourth-order valence-electron chi connectivity index (χ4n) is 2.40. The molecule has 1 aliphatic rings. The summed E-state index contributed by atoms with van der Waals surface area (Å²) in [6.45, 7) is 4.46. The molecule has 0 bridgehead atoms. The lowest BCUT2D eigenvalue weighted by atomic mass is 10.2. The molecule has 7 heteroatoms. The number of ether oxygens (including phenoxy) is 2. The molecule has 6 nitrogen and oxygen atoms in total. The van der Waals surface area contributed by atoms with Crippen molar-refractivity contribution in [1.29, 1.82) is 0 Å². The van der Waals surface area contributed by atoms with Crippen molar-refractivity contribution in [1.82, 2.24) is 4.90 Å². The summed E-state index contributed by atoms with van der Waals surface area (Å²) >= 11 is 5.77. The minimum atomic E-state index is -0.642. The summed E-state index contributed by atoms with van der Waals surface area (Å²) in [6, 6.07) is 4.48. The van der Waals surface area contributed by atoms with Crippen LogP contribution in [0.25, 0.3) is 0 Å². The molecular weight excluding hydrogens is 308 g/mol. The van der Waals surface area contributed by atoms with E-state index in [0.717, 1.165) is 0 Å². The summed E-state index contributed by atoms with van der Waals surface area (Å²) in [5.41, 5.74) is 6.13. The molecule has 1 aliphatic heterocycles. The predicted molar refractivity (Wildman–Crippen MR) is 82.7 cm³/mol. The highest BCUT2D eigenvalue weighted by molar-refractivity contribution is 6.31. The molecule has 0 radical (unpaired) electrons. The van der Waals surface area contributed by atoms with Gasteiger partial charge >= 0.3 is 5.97 Å². The van der Waals surface area contributed by atoms with Crippen LogP contribution in [-0.2, 0) is 14.3 Å². The van der Waals surface area contributed by atoms with Crippen LogP contribution in [0.3, 0.4) is 0 Å². The van der Waals surface area contributed by atoms with E-state index in [2.05, 4.69) is 0 Å². The van der Waals surface area contributed by atoms with Crippen LogP contribution in [0.5, 0.6) is 0 Å². The first-order chi connectivity index (χ1) is 10.4. The van der Waals surface area contributed by atoms with Gasteiger partial charge in [0.05, 0.1) is 17.8 Å². The first-order valence-corrected chi connectivity index (χ1v) is 7.40. The lowest BCUT2D eigenvalue weighted by molar-refractivity contribution is -0.146. The van der Waals surface area contributed by atoms with Crippen LogP contribution in [0.4, 0.5) is 5.69 Å². The van der Waals surface area contributed by atoms with Crippen LogP contribution >= 0.6 is 11.6 Å². The van der Waals surface area contributed by atoms with E-state index in [1.165, 1.54) is 12.1 Å².